The van der Waals surface area contributed by atoms with Crippen LogP contribution < -0.4 is 5.73 Å². The molecule has 6 heteroatoms. The molecule has 1 unspecified atom stereocenters. The fourth-order valence-corrected chi connectivity index (χ4v) is 2.35. The van der Waals surface area contributed by atoms with Gasteiger partial charge in [0.1, 0.15) is 11.5 Å². The number of carbonyl (C=O) groups is 2. The first kappa shape index (κ1) is 17.4. The summed E-state index contributed by atoms with van der Waals surface area (Å²) in [7, 11) is 3.48. The first-order chi connectivity index (χ1) is 9.60. The summed E-state index contributed by atoms with van der Waals surface area (Å²) < 4.78 is 5.09. The van der Waals surface area contributed by atoms with Gasteiger partial charge in [-0.3, -0.25) is 4.79 Å². The molecule has 0 aromatic rings. The molecule has 21 heavy (non-hydrogen) atoms. The Hall–Kier alpha value is -1.61. The van der Waals surface area contributed by atoms with E-state index in [0.717, 1.165) is 12.8 Å². The SMILES string of the molecule is CN(C)C(=O)[C@H]1CC[C@H](N)C(C#[N+]C(=O)OC(C)(C)C)C1. The summed E-state index contributed by atoms with van der Waals surface area (Å²) >= 11 is 0. The van der Waals surface area contributed by atoms with Gasteiger partial charge in [-0.15, -0.1) is 0 Å². The Balaban J connectivity index is 2.69. The van der Waals surface area contributed by atoms with Crippen molar-refractivity contribution in [2.24, 2.45) is 17.6 Å². The van der Waals surface area contributed by atoms with E-state index in [4.69, 9.17) is 10.5 Å². The molecule has 0 bridgehead atoms. The highest BCUT2D eigenvalue weighted by Crippen LogP contribution is 2.29. The number of nitrogens with two attached hydrogens (primary N) is 1. The Morgan fingerprint density at radius 1 is 1.29 bits per heavy atom. The van der Waals surface area contributed by atoms with Crippen LogP contribution in [0.3, 0.4) is 0 Å². The fourth-order valence-electron chi connectivity index (χ4n) is 2.35. The van der Waals surface area contributed by atoms with Crippen LogP contribution in [-0.4, -0.2) is 42.6 Å². The molecule has 0 aliphatic heterocycles. The predicted molar refractivity (Wildman–Crippen MR) is 81.0 cm³/mol. The molecule has 0 radical (unpaired) electrons. The van der Waals surface area contributed by atoms with Gasteiger partial charge < -0.3 is 15.4 Å². The van der Waals surface area contributed by atoms with Crippen LogP contribution in [0, 0.1) is 17.9 Å². The maximum Gasteiger partial charge on any atom is 0.728 e. The van der Waals surface area contributed by atoms with Gasteiger partial charge in [-0.2, -0.15) is 4.79 Å². The normalized spacial score (nSPS) is 25.5. The van der Waals surface area contributed by atoms with Crippen molar-refractivity contribution in [3.63, 3.8) is 0 Å². The van der Waals surface area contributed by atoms with E-state index < -0.39 is 11.7 Å². The van der Waals surface area contributed by atoms with E-state index >= 15 is 0 Å². The third-order valence-corrected chi connectivity index (χ3v) is 3.41. The lowest BCUT2D eigenvalue weighted by Crippen LogP contribution is -2.40. The number of ether oxygens (including phenoxy) is 1. The van der Waals surface area contributed by atoms with Crippen LogP contribution in [0.25, 0.3) is 4.85 Å². The van der Waals surface area contributed by atoms with Crippen molar-refractivity contribution in [2.75, 3.05) is 14.1 Å². The molecule has 1 rings (SSSR count). The van der Waals surface area contributed by atoms with Crippen molar-refractivity contribution >= 4 is 12.0 Å². The molecule has 0 aromatic heterocycles. The number of nitrogens with zero attached hydrogens (tertiary/aromatic N) is 2. The molecule has 0 aromatic carbocycles. The second-order valence-electron chi connectivity index (χ2n) is 6.73. The number of hydrogen-bond donors (Lipinski definition) is 1. The highest BCUT2D eigenvalue weighted by Gasteiger charge is 2.35. The van der Waals surface area contributed by atoms with Gasteiger partial charge in [0, 0.05) is 26.1 Å². The molecule has 0 spiro atoms. The maximum absolute atomic E-state index is 12.0. The molecule has 1 aliphatic carbocycles. The highest BCUT2D eigenvalue weighted by atomic mass is 16.6. The van der Waals surface area contributed by atoms with Gasteiger partial charge >= 0.3 is 6.09 Å². The van der Waals surface area contributed by atoms with Crippen LogP contribution in [0.1, 0.15) is 40.0 Å². The Bertz CT molecular complexity index is 457. The Labute approximate surface area is 126 Å². The van der Waals surface area contributed by atoms with E-state index in [2.05, 4.69) is 10.9 Å². The van der Waals surface area contributed by atoms with Crippen LogP contribution in [0.4, 0.5) is 4.79 Å². The Kier molecular flexibility index (Phi) is 5.73. The standard InChI is InChI=1S/C15H26N3O3/c1-15(2,3)21-14(20)17-9-11-8-10(6-7-12(11)16)13(19)18(4)5/h10-12H,6-8,16H2,1-5H3/q+1/t10-,11?,12-/m0/s1. The zero-order valence-electron chi connectivity index (χ0n) is 13.5. The second-order valence-corrected chi connectivity index (χ2v) is 6.73. The zero-order chi connectivity index (χ0) is 16.2. The second kappa shape index (κ2) is 6.90. The van der Waals surface area contributed by atoms with Crippen LogP contribution in [0.2, 0.25) is 0 Å². The molecule has 2 N–H and O–H groups in total. The van der Waals surface area contributed by atoms with Gasteiger partial charge in [0.2, 0.25) is 5.91 Å². The lowest BCUT2D eigenvalue weighted by Gasteiger charge is -2.29. The topological polar surface area (TPSA) is 77.0 Å². The average Bonchev–Trinajstić information content (AvgIpc) is 2.34. The van der Waals surface area contributed by atoms with E-state index in [1.54, 1.807) is 39.8 Å². The smallest absolute Gasteiger partial charge is 0.392 e. The minimum atomic E-state index is -0.671. The summed E-state index contributed by atoms with van der Waals surface area (Å²) in [6.07, 6.45) is 1.40. The fraction of sp³-hybridized carbons (Fsp3) is 0.800. The lowest BCUT2D eigenvalue weighted by molar-refractivity contribution is -0.134. The number of amides is 2. The minimum absolute atomic E-state index is 0.0777. The molecule has 1 fully saturated rings. The summed E-state index contributed by atoms with van der Waals surface area (Å²) in [5.74, 6) is -0.183. The zero-order valence-corrected chi connectivity index (χ0v) is 13.5. The first-order valence-electron chi connectivity index (χ1n) is 7.26. The number of carbonyl (C=O) groups excluding carboxylic acids is 2. The molecular formula is C15H26N3O3+. The van der Waals surface area contributed by atoms with Crippen molar-refractivity contribution in [1.82, 2.24) is 4.90 Å². The molecule has 0 saturated heterocycles. The summed E-state index contributed by atoms with van der Waals surface area (Å²) in [6.45, 7) is 5.33. The predicted octanol–water partition coefficient (Wildman–Crippen LogP) is 2.09. The van der Waals surface area contributed by atoms with Crippen molar-refractivity contribution in [3.05, 3.63) is 4.85 Å². The molecular weight excluding hydrogens is 270 g/mol. The minimum Gasteiger partial charge on any atom is -0.392 e. The number of rotatable bonds is 1. The number of hydrogen-bond acceptors (Lipinski definition) is 4. The van der Waals surface area contributed by atoms with E-state index in [9.17, 15) is 9.59 Å². The molecule has 1 aliphatic rings. The third kappa shape index (κ3) is 5.72. The summed E-state index contributed by atoms with van der Waals surface area (Å²) in [6, 6.07) is 2.65. The van der Waals surface area contributed by atoms with Crippen LogP contribution in [-0.2, 0) is 9.53 Å². The largest absolute Gasteiger partial charge is 0.728 e. The van der Waals surface area contributed by atoms with Crippen LogP contribution in [0.15, 0.2) is 0 Å². The van der Waals surface area contributed by atoms with Gasteiger partial charge in [0.05, 0.1) is 4.85 Å². The van der Waals surface area contributed by atoms with E-state index in [0.29, 0.717) is 6.42 Å². The highest BCUT2D eigenvalue weighted by molar-refractivity contribution is 5.80. The van der Waals surface area contributed by atoms with Crippen molar-refractivity contribution in [2.45, 2.75) is 51.7 Å². The van der Waals surface area contributed by atoms with Crippen LogP contribution in [0.5, 0.6) is 0 Å². The monoisotopic (exact) mass is 296 g/mol. The summed E-state index contributed by atoms with van der Waals surface area (Å²) in [5, 5.41) is 0. The van der Waals surface area contributed by atoms with Crippen LogP contribution >= 0.6 is 0 Å². The van der Waals surface area contributed by atoms with E-state index in [-0.39, 0.29) is 23.8 Å². The molecule has 1 saturated carbocycles. The van der Waals surface area contributed by atoms with Crippen molar-refractivity contribution in [1.29, 1.82) is 0 Å². The van der Waals surface area contributed by atoms with Crippen molar-refractivity contribution < 1.29 is 14.3 Å². The van der Waals surface area contributed by atoms with Gasteiger partial charge in [-0.1, -0.05) is 0 Å². The molecule has 0 heterocycles. The first-order valence-corrected chi connectivity index (χ1v) is 7.26. The summed E-state index contributed by atoms with van der Waals surface area (Å²) in [4.78, 5) is 28.9. The molecule has 2 amide bonds. The Morgan fingerprint density at radius 3 is 2.43 bits per heavy atom. The maximum atomic E-state index is 12.0. The quantitative estimate of drug-likeness (QED) is 0.803. The van der Waals surface area contributed by atoms with E-state index in [1.807, 2.05) is 0 Å². The van der Waals surface area contributed by atoms with Gasteiger partial charge in [0.15, 0.2) is 0 Å². The van der Waals surface area contributed by atoms with E-state index in [1.165, 1.54) is 0 Å². The Morgan fingerprint density at radius 2 is 1.90 bits per heavy atom. The molecule has 6 nitrogen and oxygen atoms in total. The lowest BCUT2D eigenvalue weighted by atomic mass is 9.78. The van der Waals surface area contributed by atoms with Gasteiger partial charge in [-0.25, -0.2) is 0 Å². The average molecular weight is 296 g/mol. The van der Waals surface area contributed by atoms with Gasteiger partial charge in [-0.05, 0) is 40.0 Å². The van der Waals surface area contributed by atoms with Crippen molar-refractivity contribution in [3.8, 4) is 6.07 Å². The third-order valence-electron chi connectivity index (χ3n) is 3.41. The van der Waals surface area contributed by atoms with Gasteiger partial charge in [0.25, 0.3) is 6.07 Å². The molecule has 118 valence electrons. The molecule has 3 atom stereocenters. The summed E-state index contributed by atoms with van der Waals surface area (Å²) in [5.41, 5.74) is 5.45.